The quantitative estimate of drug-likeness (QED) is 0.825. The molecule has 0 heterocycles. The van der Waals surface area contributed by atoms with Crippen LogP contribution in [0.2, 0.25) is 0 Å². The standard InChI is InChI=1S/C15H21NO2/c1-15(2,3)18-14(17)16-12-8-7-11-13-9-5-4-6-10-13/h4-7,9-11H,8,12H2,1-3H3,(H,16,17)/b11-7+. The van der Waals surface area contributed by atoms with Crippen molar-refractivity contribution in [3.8, 4) is 0 Å². The van der Waals surface area contributed by atoms with Crippen LogP contribution >= 0.6 is 0 Å². The minimum atomic E-state index is -0.441. The van der Waals surface area contributed by atoms with Crippen LogP contribution in [0.3, 0.4) is 0 Å². The molecule has 1 aromatic carbocycles. The Bertz CT molecular complexity index is 391. The Morgan fingerprint density at radius 2 is 1.94 bits per heavy atom. The summed E-state index contributed by atoms with van der Waals surface area (Å²) in [5.41, 5.74) is 0.721. The van der Waals surface area contributed by atoms with Crippen LogP contribution in [-0.4, -0.2) is 18.2 Å². The average molecular weight is 247 g/mol. The lowest BCUT2D eigenvalue weighted by Gasteiger charge is -2.19. The van der Waals surface area contributed by atoms with E-state index in [9.17, 15) is 4.79 Å². The van der Waals surface area contributed by atoms with Crippen molar-refractivity contribution in [2.45, 2.75) is 32.8 Å². The Balaban J connectivity index is 2.19. The van der Waals surface area contributed by atoms with E-state index in [0.29, 0.717) is 6.54 Å². The fourth-order valence-corrected chi connectivity index (χ4v) is 1.36. The third-order valence-electron chi connectivity index (χ3n) is 2.09. The second-order valence-corrected chi connectivity index (χ2v) is 5.03. The molecule has 0 aromatic heterocycles. The molecule has 0 saturated heterocycles. The van der Waals surface area contributed by atoms with Crippen LogP contribution in [0.25, 0.3) is 6.08 Å². The van der Waals surface area contributed by atoms with Gasteiger partial charge in [-0.2, -0.15) is 0 Å². The topological polar surface area (TPSA) is 38.3 Å². The van der Waals surface area contributed by atoms with Crippen molar-refractivity contribution in [2.75, 3.05) is 6.54 Å². The van der Waals surface area contributed by atoms with Gasteiger partial charge >= 0.3 is 6.09 Å². The lowest BCUT2D eigenvalue weighted by atomic mass is 10.2. The summed E-state index contributed by atoms with van der Waals surface area (Å²) in [4.78, 5) is 11.3. The molecule has 0 saturated carbocycles. The molecule has 0 fully saturated rings. The van der Waals surface area contributed by atoms with Gasteiger partial charge in [0.1, 0.15) is 5.60 Å². The van der Waals surface area contributed by atoms with Crippen molar-refractivity contribution in [2.24, 2.45) is 0 Å². The molecule has 3 heteroatoms. The molecule has 18 heavy (non-hydrogen) atoms. The molecule has 0 atom stereocenters. The molecule has 0 aliphatic carbocycles. The van der Waals surface area contributed by atoms with Crippen LogP contribution in [0.1, 0.15) is 32.8 Å². The number of ether oxygens (including phenoxy) is 1. The Morgan fingerprint density at radius 3 is 2.56 bits per heavy atom. The molecule has 1 aromatic rings. The molecule has 0 radical (unpaired) electrons. The zero-order valence-electron chi connectivity index (χ0n) is 11.3. The van der Waals surface area contributed by atoms with E-state index in [1.54, 1.807) is 0 Å². The monoisotopic (exact) mass is 247 g/mol. The maximum absolute atomic E-state index is 11.3. The molecule has 1 amide bonds. The average Bonchev–Trinajstić information content (AvgIpc) is 2.27. The van der Waals surface area contributed by atoms with E-state index in [-0.39, 0.29) is 6.09 Å². The van der Waals surface area contributed by atoms with E-state index < -0.39 is 5.60 Å². The van der Waals surface area contributed by atoms with E-state index >= 15 is 0 Å². The second kappa shape index (κ2) is 6.84. The first-order valence-corrected chi connectivity index (χ1v) is 6.16. The van der Waals surface area contributed by atoms with E-state index in [1.807, 2.05) is 63.3 Å². The molecule has 3 nitrogen and oxygen atoms in total. The summed E-state index contributed by atoms with van der Waals surface area (Å²) in [7, 11) is 0. The maximum atomic E-state index is 11.3. The number of hydrogen-bond donors (Lipinski definition) is 1. The van der Waals surface area contributed by atoms with Crippen LogP contribution in [-0.2, 0) is 4.74 Å². The first kappa shape index (κ1) is 14.3. The molecule has 1 rings (SSSR count). The Morgan fingerprint density at radius 1 is 1.28 bits per heavy atom. The van der Waals surface area contributed by atoms with Crippen LogP contribution < -0.4 is 5.32 Å². The lowest BCUT2D eigenvalue weighted by molar-refractivity contribution is 0.0529. The van der Waals surface area contributed by atoms with E-state index in [2.05, 4.69) is 5.32 Å². The van der Waals surface area contributed by atoms with Crippen molar-refractivity contribution >= 4 is 12.2 Å². The largest absolute Gasteiger partial charge is 0.444 e. The molecule has 98 valence electrons. The molecular weight excluding hydrogens is 226 g/mol. The number of amides is 1. The Labute approximate surface area is 109 Å². The second-order valence-electron chi connectivity index (χ2n) is 5.03. The van der Waals surface area contributed by atoms with Gasteiger partial charge in [-0.1, -0.05) is 42.5 Å². The highest BCUT2D eigenvalue weighted by molar-refractivity contribution is 5.67. The zero-order chi connectivity index (χ0) is 13.4. The van der Waals surface area contributed by atoms with Crippen molar-refractivity contribution in [3.63, 3.8) is 0 Å². The van der Waals surface area contributed by atoms with Gasteiger partial charge in [-0.3, -0.25) is 0 Å². The van der Waals surface area contributed by atoms with Gasteiger partial charge in [0.05, 0.1) is 0 Å². The number of rotatable bonds is 4. The summed E-state index contributed by atoms with van der Waals surface area (Å²) in [5.74, 6) is 0. The number of carbonyl (C=O) groups is 1. The highest BCUT2D eigenvalue weighted by Crippen LogP contribution is 2.06. The van der Waals surface area contributed by atoms with Crippen molar-refractivity contribution < 1.29 is 9.53 Å². The fraction of sp³-hybridized carbons (Fsp3) is 0.400. The van der Waals surface area contributed by atoms with Gasteiger partial charge < -0.3 is 10.1 Å². The SMILES string of the molecule is CC(C)(C)OC(=O)NCC/C=C/c1ccccc1. The predicted molar refractivity (Wildman–Crippen MR) is 74.3 cm³/mol. The van der Waals surface area contributed by atoms with Crippen LogP contribution in [0.5, 0.6) is 0 Å². The van der Waals surface area contributed by atoms with Crippen molar-refractivity contribution in [3.05, 3.63) is 42.0 Å². The summed E-state index contributed by atoms with van der Waals surface area (Å²) in [6, 6.07) is 10.1. The number of carbonyl (C=O) groups excluding carboxylic acids is 1. The Hall–Kier alpha value is -1.77. The number of benzene rings is 1. The third kappa shape index (κ3) is 6.74. The summed E-state index contributed by atoms with van der Waals surface area (Å²) in [6.45, 7) is 6.13. The number of nitrogens with one attached hydrogen (secondary N) is 1. The summed E-state index contributed by atoms with van der Waals surface area (Å²) in [6.07, 6.45) is 4.49. The van der Waals surface area contributed by atoms with Gasteiger partial charge in [-0.25, -0.2) is 4.79 Å². The summed E-state index contributed by atoms with van der Waals surface area (Å²) >= 11 is 0. The molecule has 0 bridgehead atoms. The van der Waals surface area contributed by atoms with Crippen molar-refractivity contribution in [1.82, 2.24) is 5.32 Å². The number of hydrogen-bond acceptors (Lipinski definition) is 2. The normalized spacial score (nSPS) is 11.5. The van der Waals surface area contributed by atoms with Gasteiger partial charge in [0.25, 0.3) is 0 Å². The summed E-state index contributed by atoms with van der Waals surface area (Å²) < 4.78 is 5.13. The molecular formula is C15H21NO2. The van der Waals surface area contributed by atoms with Gasteiger partial charge in [-0.05, 0) is 32.8 Å². The molecule has 0 unspecified atom stereocenters. The summed E-state index contributed by atoms with van der Waals surface area (Å²) in [5, 5.41) is 2.71. The number of alkyl carbamates (subject to hydrolysis) is 1. The zero-order valence-corrected chi connectivity index (χ0v) is 11.3. The molecule has 0 spiro atoms. The van der Waals surface area contributed by atoms with Crippen LogP contribution in [0.4, 0.5) is 4.79 Å². The fourth-order valence-electron chi connectivity index (χ4n) is 1.36. The van der Waals surface area contributed by atoms with E-state index in [0.717, 1.165) is 12.0 Å². The lowest BCUT2D eigenvalue weighted by Crippen LogP contribution is -2.32. The molecule has 0 aliphatic rings. The smallest absolute Gasteiger partial charge is 0.407 e. The highest BCUT2D eigenvalue weighted by atomic mass is 16.6. The molecule has 1 N–H and O–H groups in total. The maximum Gasteiger partial charge on any atom is 0.407 e. The third-order valence-corrected chi connectivity index (χ3v) is 2.09. The van der Waals surface area contributed by atoms with Gasteiger partial charge in [0.2, 0.25) is 0 Å². The predicted octanol–water partition coefficient (Wildman–Crippen LogP) is 3.61. The van der Waals surface area contributed by atoms with Crippen LogP contribution in [0, 0.1) is 0 Å². The first-order valence-electron chi connectivity index (χ1n) is 6.16. The van der Waals surface area contributed by atoms with E-state index in [4.69, 9.17) is 4.74 Å². The van der Waals surface area contributed by atoms with Gasteiger partial charge in [-0.15, -0.1) is 0 Å². The van der Waals surface area contributed by atoms with Crippen molar-refractivity contribution in [1.29, 1.82) is 0 Å². The van der Waals surface area contributed by atoms with Gasteiger partial charge in [0.15, 0.2) is 0 Å². The minimum absolute atomic E-state index is 0.365. The minimum Gasteiger partial charge on any atom is -0.444 e. The highest BCUT2D eigenvalue weighted by Gasteiger charge is 2.14. The molecule has 0 aliphatic heterocycles. The first-order chi connectivity index (χ1) is 8.47. The van der Waals surface area contributed by atoms with Crippen LogP contribution in [0.15, 0.2) is 36.4 Å². The Kier molecular flexibility index (Phi) is 5.43. The van der Waals surface area contributed by atoms with E-state index in [1.165, 1.54) is 0 Å². The van der Waals surface area contributed by atoms with Gasteiger partial charge in [0, 0.05) is 6.54 Å².